The maximum absolute atomic E-state index is 5.81. The normalized spacial score (nSPS) is 31.6. The summed E-state index contributed by atoms with van der Waals surface area (Å²) in [6.45, 7) is 8.66. The van der Waals surface area contributed by atoms with Gasteiger partial charge in [-0.3, -0.25) is 0 Å². The molecule has 0 heterocycles. The van der Waals surface area contributed by atoms with Gasteiger partial charge in [0, 0.05) is 0 Å². The second-order valence-corrected chi connectivity index (χ2v) is 4.60. The number of hydrogen-bond donors (Lipinski definition) is 0. The molecule has 0 radical (unpaired) electrons. The highest BCUT2D eigenvalue weighted by Gasteiger charge is 2.31. The minimum absolute atomic E-state index is 0.0589. The lowest BCUT2D eigenvalue weighted by atomic mass is 9.80. The predicted octanol–water partition coefficient (Wildman–Crippen LogP) is 2.99. The molecule has 0 saturated heterocycles. The highest BCUT2D eigenvalue weighted by atomic mass is 16.5. The SMILES string of the molecule is CCC1CC(OC(C)(C)C)C1. The number of ether oxygens (including phenoxy) is 1. The average molecular weight is 156 g/mol. The fourth-order valence-electron chi connectivity index (χ4n) is 1.60. The van der Waals surface area contributed by atoms with Crippen LogP contribution in [0.2, 0.25) is 0 Å². The molecule has 0 aromatic rings. The Hall–Kier alpha value is -0.0400. The summed E-state index contributed by atoms with van der Waals surface area (Å²) in [5.41, 5.74) is 0.0589. The van der Waals surface area contributed by atoms with E-state index in [4.69, 9.17) is 4.74 Å². The van der Waals surface area contributed by atoms with E-state index in [2.05, 4.69) is 27.7 Å². The van der Waals surface area contributed by atoms with E-state index in [1.807, 2.05) is 0 Å². The molecule has 1 rings (SSSR count). The standard InChI is InChI=1S/C10H20O/c1-5-8-6-9(7-8)11-10(2,3)4/h8-9H,5-7H2,1-4H3. The molecule has 1 aliphatic carbocycles. The summed E-state index contributed by atoms with van der Waals surface area (Å²) in [4.78, 5) is 0. The van der Waals surface area contributed by atoms with Gasteiger partial charge in [-0.25, -0.2) is 0 Å². The van der Waals surface area contributed by atoms with Crippen molar-refractivity contribution in [2.45, 2.75) is 58.7 Å². The summed E-state index contributed by atoms with van der Waals surface area (Å²) in [5, 5.41) is 0. The van der Waals surface area contributed by atoms with Gasteiger partial charge in [0.15, 0.2) is 0 Å². The van der Waals surface area contributed by atoms with Crippen molar-refractivity contribution in [3.63, 3.8) is 0 Å². The van der Waals surface area contributed by atoms with Crippen molar-refractivity contribution in [3.8, 4) is 0 Å². The largest absolute Gasteiger partial charge is 0.373 e. The van der Waals surface area contributed by atoms with E-state index in [9.17, 15) is 0 Å². The van der Waals surface area contributed by atoms with Gasteiger partial charge in [-0.05, 0) is 39.5 Å². The Morgan fingerprint density at radius 2 is 1.82 bits per heavy atom. The molecule has 66 valence electrons. The van der Waals surface area contributed by atoms with Gasteiger partial charge in [-0.1, -0.05) is 13.3 Å². The van der Waals surface area contributed by atoms with Crippen LogP contribution in [-0.4, -0.2) is 11.7 Å². The first kappa shape index (κ1) is 9.05. The van der Waals surface area contributed by atoms with Crippen LogP contribution in [0.25, 0.3) is 0 Å². The van der Waals surface area contributed by atoms with Gasteiger partial charge < -0.3 is 4.74 Å². The Balaban J connectivity index is 2.14. The Kier molecular flexibility index (Phi) is 2.58. The highest BCUT2D eigenvalue weighted by molar-refractivity contribution is 4.81. The maximum atomic E-state index is 5.81. The van der Waals surface area contributed by atoms with Crippen LogP contribution in [0.3, 0.4) is 0 Å². The van der Waals surface area contributed by atoms with Crippen molar-refractivity contribution in [1.29, 1.82) is 0 Å². The van der Waals surface area contributed by atoms with Crippen molar-refractivity contribution in [3.05, 3.63) is 0 Å². The van der Waals surface area contributed by atoms with E-state index in [1.54, 1.807) is 0 Å². The van der Waals surface area contributed by atoms with Crippen LogP contribution in [0.5, 0.6) is 0 Å². The summed E-state index contributed by atoms with van der Waals surface area (Å²) < 4.78 is 5.81. The molecule has 0 N–H and O–H groups in total. The zero-order chi connectivity index (χ0) is 8.48. The van der Waals surface area contributed by atoms with Crippen LogP contribution in [-0.2, 0) is 4.74 Å². The van der Waals surface area contributed by atoms with Crippen LogP contribution in [0.4, 0.5) is 0 Å². The monoisotopic (exact) mass is 156 g/mol. The summed E-state index contributed by atoms with van der Waals surface area (Å²) in [7, 11) is 0. The molecule has 0 unspecified atom stereocenters. The van der Waals surface area contributed by atoms with Crippen molar-refractivity contribution < 1.29 is 4.74 Å². The molecule has 0 spiro atoms. The van der Waals surface area contributed by atoms with E-state index in [-0.39, 0.29) is 5.60 Å². The molecule has 0 aromatic heterocycles. The van der Waals surface area contributed by atoms with Gasteiger partial charge in [0.05, 0.1) is 11.7 Å². The number of rotatable bonds is 2. The third-order valence-corrected chi connectivity index (χ3v) is 2.29. The summed E-state index contributed by atoms with van der Waals surface area (Å²) in [6.07, 6.45) is 4.45. The van der Waals surface area contributed by atoms with Crippen LogP contribution >= 0.6 is 0 Å². The van der Waals surface area contributed by atoms with E-state index >= 15 is 0 Å². The molecule has 1 fully saturated rings. The molecular weight excluding hydrogens is 136 g/mol. The first-order valence-corrected chi connectivity index (χ1v) is 4.69. The van der Waals surface area contributed by atoms with Gasteiger partial charge in [0.1, 0.15) is 0 Å². The molecule has 0 aliphatic heterocycles. The second kappa shape index (κ2) is 3.14. The maximum Gasteiger partial charge on any atom is 0.0602 e. The van der Waals surface area contributed by atoms with E-state index in [0.717, 1.165) is 5.92 Å². The third kappa shape index (κ3) is 2.82. The molecule has 0 aromatic carbocycles. The first-order valence-electron chi connectivity index (χ1n) is 4.69. The van der Waals surface area contributed by atoms with Crippen molar-refractivity contribution >= 4 is 0 Å². The second-order valence-electron chi connectivity index (χ2n) is 4.60. The average Bonchev–Trinajstić information content (AvgIpc) is 1.75. The van der Waals surface area contributed by atoms with Gasteiger partial charge in [0.25, 0.3) is 0 Å². The summed E-state index contributed by atoms with van der Waals surface area (Å²) in [6, 6.07) is 0. The lowest BCUT2D eigenvalue weighted by Gasteiger charge is -2.38. The van der Waals surface area contributed by atoms with E-state index < -0.39 is 0 Å². The Bertz CT molecular complexity index is 117. The number of hydrogen-bond acceptors (Lipinski definition) is 1. The molecule has 0 atom stereocenters. The fraction of sp³-hybridized carbons (Fsp3) is 1.00. The van der Waals surface area contributed by atoms with Crippen molar-refractivity contribution in [1.82, 2.24) is 0 Å². The topological polar surface area (TPSA) is 9.23 Å². The van der Waals surface area contributed by atoms with Crippen molar-refractivity contribution in [2.75, 3.05) is 0 Å². The molecule has 0 amide bonds. The molecule has 0 bridgehead atoms. The van der Waals surface area contributed by atoms with E-state index in [1.165, 1.54) is 19.3 Å². The molecule has 1 saturated carbocycles. The minimum atomic E-state index is 0.0589. The zero-order valence-corrected chi connectivity index (χ0v) is 8.18. The Morgan fingerprint density at radius 1 is 1.27 bits per heavy atom. The lowest BCUT2D eigenvalue weighted by molar-refractivity contribution is -0.112. The van der Waals surface area contributed by atoms with Crippen molar-refractivity contribution in [2.24, 2.45) is 5.92 Å². The summed E-state index contributed by atoms with van der Waals surface area (Å²) >= 11 is 0. The van der Waals surface area contributed by atoms with Crippen LogP contribution in [0.1, 0.15) is 47.0 Å². The summed E-state index contributed by atoms with van der Waals surface area (Å²) in [5.74, 6) is 0.947. The highest BCUT2D eigenvalue weighted by Crippen LogP contribution is 2.34. The molecule has 1 nitrogen and oxygen atoms in total. The van der Waals surface area contributed by atoms with Gasteiger partial charge >= 0.3 is 0 Å². The van der Waals surface area contributed by atoms with Crippen LogP contribution < -0.4 is 0 Å². The molecular formula is C10H20O. The Morgan fingerprint density at radius 3 is 2.18 bits per heavy atom. The minimum Gasteiger partial charge on any atom is -0.373 e. The van der Waals surface area contributed by atoms with Crippen LogP contribution in [0.15, 0.2) is 0 Å². The Labute approximate surface area is 70.1 Å². The van der Waals surface area contributed by atoms with Gasteiger partial charge in [0.2, 0.25) is 0 Å². The zero-order valence-electron chi connectivity index (χ0n) is 8.18. The van der Waals surface area contributed by atoms with E-state index in [0.29, 0.717) is 6.10 Å². The van der Waals surface area contributed by atoms with Gasteiger partial charge in [-0.2, -0.15) is 0 Å². The first-order chi connectivity index (χ1) is 5.01. The smallest absolute Gasteiger partial charge is 0.0602 e. The lowest BCUT2D eigenvalue weighted by Crippen LogP contribution is -2.37. The molecule has 1 heteroatoms. The predicted molar refractivity (Wildman–Crippen MR) is 47.6 cm³/mol. The molecule has 1 aliphatic rings. The quantitative estimate of drug-likeness (QED) is 0.597. The molecule has 11 heavy (non-hydrogen) atoms. The fourth-order valence-corrected chi connectivity index (χ4v) is 1.60. The third-order valence-electron chi connectivity index (χ3n) is 2.29. The van der Waals surface area contributed by atoms with Gasteiger partial charge in [-0.15, -0.1) is 0 Å². The van der Waals surface area contributed by atoms with Crippen LogP contribution in [0, 0.1) is 5.92 Å².